The van der Waals surface area contributed by atoms with E-state index in [1.165, 1.54) is 22.5 Å². The smallest absolute Gasteiger partial charge is 0.357 e. The van der Waals surface area contributed by atoms with Gasteiger partial charge in [0.15, 0.2) is 10.0 Å². The summed E-state index contributed by atoms with van der Waals surface area (Å²) in [5, 5.41) is 1.72. The zero-order chi connectivity index (χ0) is 19.2. The maximum absolute atomic E-state index is 12.3. The molecule has 27 heavy (non-hydrogen) atoms. The molecule has 0 bridgehead atoms. The van der Waals surface area contributed by atoms with Crippen molar-refractivity contribution >= 4 is 35.0 Å². The van der Waals surface area contributed by atoms with Gasteiger partial charge in [-0.25, -0.2) is 9.78 Å². The normalized spacial score (nSPS) is 16.7. The molecule has 144 valence electrons. The Bertz CT molecular complexity index is 789. The van der Waals surface area contributed by atoms with Crippen molar-refractivity contribution in [3.63, 3.8) is 0 Å². The number of ether oxygens (including phenoxy) is 1. The fourth-order valence-corrected chi connectivity index (χ4v) is 4.99. The lowest BCUT2D eigenvalue weighted by Crippen LogP contribution is -2.29. The predicted octanol–water partition coefficient (Wildman–Crippen LogP) is 4.34. The van der Waals surface area contributed by atoms with Crippen LogP contribution in [0.4, 0.5) is 0 Å². The van der Waals surface area contributed by atoms with Gasteiger partial charge in [0.2, 0.25) is 5.91 Å². The van der Waals surface area contributed by atoms with Crippen LogP contribution in [0.5, 0.6) is 0 Å². The van der Waals surface area contributed by atoms with Gasteiger partial charge in [0, 0.05) is 24.1 Å². The van der Waals surface area contributed by atoms with Crippen molar-refractivity contribution in [3.05, 3.63) is 46.5 Å². The van der Waals surface area contributed by atoms with Crippen molar-refractivity contribution in [1.29, 1.82) is 0 Å². The van der Waals surface area contributed by atoms with Crippen molar-refractivity contribution in [3.8, 4) is 0 Å². The SMILES string of the molecule is CCOC(=O)c1csc(SCCN2C(=O)CCC2c2ccc(CC)cc2)n1. The minimum Gasteiger partial charge on any atom is -0.461 e. The molecule has 1 atom stereocenters. The third-order valence-corrected chi connectivity index (χ3v) is 6.63. The van der Waals surface area contributed by atoms with E-state index in [1.54, 1.807) is 24.1 Å². The molecule has 1 saturated heterocycles. The lowest BCUT2D eigenvalue weighted by Gasteiger charge is -2.25. The van der Waals surface area contributed by atoms with Crippen LogP contribution in [-0.4, -0.2) is 40.7 Å². The molecule has 1 fully saturated rings. The monoisotopic (exact) mass is 404 g/mol. The highest BCUT2D eigenvalue weighted by atomic mass is 32.2. The summed E-state index contributed by atoms with van der Waals surface area (Å²) in [4.78, 5) is 30.3. The van der Waals surface area contributed by atoms with Crippen LogP contribution < -0.4 is 0 Å². The second kappa shape index (κ2) is 9.37. The Morgan fingerprint density at radius 1 is 1.33 bits per heavy atom. The molecule has 7 heteroatoms. The van der Waals surface area contributed by atoms with Crippen LogP contribution in [0, 0.1) is 0 Å². The van der Waals surface area contributed by atoms with E-state index in [0.717, 1.165) is 22.9 Å². The molecule has 2 heterocycles. The summed E-state index contributed by atoms with van der Waals surface area (Å²) >= 11 is 3.01. The van der Waals surface area contributed by atoms with E-state index in [2.05, 4.69) is 36.2 Å². The fourth-order valence-electron chi connectivity index (χ4n) is 3.19. The van der Waals surface area contributed by atoms with Crippen LogP contribution in [0.15, 0.2) is 34.0 Å². The molecule has 0 saturated carbocycles. The molecule has 5 nitrogen and oxygen atoms in total. The molecule has 0 radical (unpaired) electrons. The Kier molecular flexibility index (Phi) is 6.90. The molecule has 2 aromatic rings. The molecule has 1 amide bonds. The number of carbonyl (C=O) groups excluding carboxylic acids is 2. The van der Waals surface area contributed by atoms with Crippen LogP contribution >= 0.6 is 23.1 Å². The third kappa shape index (κ3) is 4.90. The molecule has 1 aliphatic heterocycles. The minimum absolute atomic E-state index is 0.162. The summed E-state index contributed by atoms with van der Waals surface area (Å²) in [5.74, 6) is 0.586. The fraction of sp³-hybridized carbons (Fsp3) is 0.450. The molecule has 0 N–H and O–H groups in total. The van der Waals surface area contributed by atoms with Gasteiger partial charge in [0.1, 0.15) is 0 Å². The van der Waals surface area contributed by atoms with Gasteiger partial charge in [-0.1, -0.05) is 43.0 Å². The largest absolute Gasteiger partial charge is 0.461 e. The van der Waals surface area contributed by atoms with Crippen molar-refractivity contribution < 1.29 is 14.3 Å². The quantitative estimate of drug-likeness (QED) is 0.484. The van der Waals surface area contributed by atoms with Gasteiger partial charge in [-0.2, -0.15) is 0 Å². The van der Waals surface area contributed by atoms with E-state index >= 15 is 0 Å². The Hall–Kier alpha value is -1.86. The summed E-state index contributed by atoms with van der Waals surface area (Å²) in [7, 11) is 0. The molecule has 3 rings (SSSR count). The molecule has 1 aromatic carbocycles. The number of hydrogen-bond donors (Lipinski definition) is 0. The first kappa shape index (κ1) is 19.9. The van der Waals surface area contributed by atoms with Crippen LogP contribution in [-0.2, 0) is 16.0 Å². The first-order chi connectivity index (χ1) is 13.1. The van der Waals surface area contributed by atoms with Gasteiger partial charge >= 0.3 is 5.97 Å². The summed E-state index contributed by atoms with van der Waals surface area (Å²) < 4.78 is 5.79. The number of hydrogen-bond acceptors (Lipinski definition) is 6. The number of nitrogens with zero attached hydrogens (tertiary/aromatic N) is 2. The zero-order valence-corrected chi connectivity index (χ0v) is 17.3. The number of aryl methyl sites for hydroxylation is 1. The number of thioether (sulfide) groups is 1. The number of amides is 1. The summed E-state index contributed by atoms with van der Waals surface area (Å²) in [6.07, 6.45) is 2.50. The molecule has 0 aliphatic carbocycles. The molecule has 0 spiro atoms. The van der Waals surface area contributed by atoms with E-state index in [4.69, 9.17) is 4.74 Å². The molecular weight excluding hydrogens is 380 g/mol. The maximum Gasteiger partial charge on any atom is 0.357 e. The summed E-state index contributed by atoms with van der Waals surface area (Å²) in [6, 6.07) is 8.76. The summed E-state index contributed by atoms with van der Waals surface area (Å²) in [5.41, 5.74) is 2.88. The molecule has 1 unspecified atom stereocenters. The number of aromatic nitrogens is 1. The first-order valence-corrected chi connectivity index (χ1v) is 11.1. The van der Waals surface area contributed by atoms with E-state index in [1.807, 2.05) is 4.90 Å². The number of thiazole rings is 1. The number of likely N-dealkylation sites (tertiary alicyclic amines) is 1. The third-order valence-electron chi connectivity index (χ3n) is 4.63. The van der Waals surface area contributed by atoms with Crippen molar-refractivity contribution in [1.82, 2.24) is 9.88 Å². The topological polar surface area (TPSA) is 59.5 Å². The second-order valence-electron chi connectivity index (χ2n) is 6.30. The average Bonchev–Trinajstić information content (AvgIpc) is 3.30. The Labute approximate surface area is 168 Å². The van der Waals surface area contributed by atoms with Crippen LogP contribution in [0.3, 0.4) is 0 Å². The Morgan fingerprint density at radius 3 is 2.81 bits per heavy atom. The highest BCUT2D eigenvalue weighted by molar-refractivity contribution is 8.01. The van der Waals surface area contributed by atoms with E-state index in [-0.39, 0.29) is 17.9 Å². The zero-order valence-electron chi connectivity index (χ0n) is 15.6. The predicted molar refractivity (Wildman–Crippen MR) is 108 cm³/mol. The van der Waals surface area contributed by atoms with Gasteiger partial charge in [-0.3, -0.25) is 4.79 Å². The summed E-state index contributed by atoms with van der Waals surface area (Å²) in [6.45, 7) is 4.94. The lowest BCUT2D eigenvalue weighted by atomic mass is 10.0. The number of esters is 1. The van der Waals surface area contributed by atoms with Crippen LogP contribution in [0.1, 0.15) is 54.3 Å². The molecule has 1 aromatic heterocycles. The second-order valence-corrected chi connectivity index (χ2v) is 8.50. The van der Waals surface area contributed by atoms with Gasteiger partial charge in [0.05, 0.1) is 12.6 Å². The Balaban J connectivity index is 1.57. The number of rotatable bonds is 8. The van der Waals surface area contributed by atoms with Crippen LogP contribution in [0.25, 0.3) is 0 Å². The lowest BCUT2D eigenvalue weighted by molar-refractivity contribution is -0.128. The number of benzene rings is 1. The van der Waals surface area contributed by atoms with Gasteiger partial charge in [-0.15, -0.1) is 11.3 Å². The van der Waals surface area contributed by atoms with Crippen molar-refractivity contribution in [2.24, 2.45) is 0 Å². The van der Waals surface area contributed by atoms with Crippen molar-refractivity contribution in [2.75, 3.05) is 18.9 Å². The van der Waals surface area contributed by atoms with Gasteiger partial charge < -0.3 is 9.64 Å². The molecular formula is C20H24N2O3S2. The minimum atomic E-state index is -0.383. The van der Waals surface area contributed by atoms with E-state index in [0.29, 0.717) is 25.3 Å². The Morgan fingerprint density at radius 2 is 2.11 bits per heavy atom. The van der Waals surface area contributed by atoms with Gasteiger partial charge in [0.25, 0.3) is 0 Å². The van der Waals surface area contributed by atoms with E-state index in [9.17, 15) is 9.59 Å². The molecule has 1 aliphatic rings. The van der Waals surface area contributed by atoms with Gasteiger partial charge in [-0.05, 0) is 30.9 Å². The van der Waals surface area contributed by atoms with Crippen LogP contribution in [0.2, 0.25) is 0 Å². The first-order valence-electron chi connectivity index (χ1n) is 9.26. The highest BCUT2D eigenvalue weighted by Gasteiger charge is 2.31. The number of carbonyl (C=O) groups is 2. The average molecular weight is 405 g/mol. The van der Waals surface area contributed by atoms with E-state index < -0.39 is 0 Å². The standard InChI is InChI=1S/C20H24N2O3S2/c1-3-14-5-7-15(8-6-14)17-9-10-18(23)22(17)11-12-26-20-21-16(13-27-20)19(24)25-4-2/h5-8,13,17H,3-4,9-12H2,1-2H3. The maximum atomic E-state index is 12.3. The van der Waals surface area contributed by atoms with Crippen molar-refractivity contribution in [2.45, 2.75) is 43.5 Å². The highest BCUT2D eigenvalue weighted by Crippen LogP contribution is 2.33.